The molecular formula is C40H65BrO3SiSn. The Bertz CT molecular complexity index is 1120. The molecule has 3 atom stereocenters. The molecule has 0 bridgehead atoms. The monoisotopic (exact) mass is 820 g/mol. The fraction of sp³-hybridized carbons (Fsp3) is 0.650. The van der Waals surface area contributed by atoms with Crippen molar-refractivity contribution in [2.75, 3.05) is 6.61 Å². The van der Waals surface area contributed by atoms with Gasteiger partial charge in [0.2, 0.25) is 0 Å². The van der Waals surface area contributed by atoms with E-state index in [2.05, 4.69) is 131 Å². The molecule has 46 heavy (non-hydrogen) atoms. The third-order valence-corrected chi connectivity index (χ3v) is 32.1. The maximum atomic E-state index is 7.50. The quantitative estimate of drug-likeness (QED) is 0.104. The van der Waals surface area contributed by atoms with E-state index in [-0.39, 0.29) is 17.2 Å². The first kappa shape index (κ1) is 40.0. The summed E-state index contributed by atoms with van der Waals surface area (Å²) in [7, 11) is -2.62. The SMILES string of the molecule is CCC[CH2][Sn]([CH2]CCC)([CH2]CCC)/[C](=C/CO[Si](c1ccccc1)(c1ccccc1)C(C)(C)C)CC(Br)CC1OC(C)(C)OC1C. The van der Waals surface area contributed by atoms with Crippen LogP contribution in [0.3, 0.4) is 0 Å². The number of hydrogen-bond donors (Lipinski definition) is 0. The van der Waals surface area contributed by atoms with Gasteiger partial charge in [-0.2, -0.15) is 0 Å². The maximum absolute atomic E-state index is 7.50. The number of rotatable bonds is 19. The van der Waals surface area contributed by atoms with Crippen LogP contribution >= 0.6 is 15.9 Å². The molecule has 1 fully saturated rings. The van der Waals surface area contributed by atoms with Crippen molar-refractivity contribution in [1.82, 2.24) is 0 Å². The molecule has 1 aliphatic rings. The summed E-state index contributed by atoms with van der Waals surface area (Å²) in [6, 6.07) is 22.2. The van der Waals surface area contributed by atoms with Gasteiger partial charge in [0.1, 0.15) is 0 Å². The van der Waals surface area contributed by atoms with Gasteiger partial charge in [-0.1, -0.05) is 0 Å². The van der Waals surface area contributed by atoms with Gasteiger partial charge in [-0.05, 0) is 0 Å². The molecule has 0 N–H and O–H groups in total. The van der Waals surface area contributed by atoms with E-state index in [4.69, 9.17) is 13.9 Å². The Kier molecular flexibility index (Phi) is 16.1. The van der Waals surface area contributed by atoms with Gasteiger partial charge >= 0.3 is 299 Å². The summed E-state index contributed by atoms with van der Waals surface area (Å²) in [6.07, 6.45) is 12.8. The van der Waals surface area contributed by atoms with E-state index in [1.165, 1.54) is 62.2 Å². The van der Waals surface area contributed by atoms with Crippen LogP contribution in [0.2, 0.25) is 18.3 Å². The second-order valence-corrected chi connectivity index (χ2v) is 34.2. The number of hydrogen-bond acceptors (Lipinski definition) is 3. The van der Waals surface area contributed by atoms with E-state index in [9.17, 15) is 0 Å². The Morgan fingerprint density at radius 2 is 1.35 bits per heavy atom. The fourth-order valence-corrected chi connectivity index (χ4v) is 31.0. The van der Waals surface area contributed by atoms with E-state index >= 15 is 0 Å². The van der Waals surface area contributed by atoms with Crippen molar-refractivity contribution in [3.8, 4) is 0 Å². The second-order valence-electron chi connectivity index (χ2n) is 15.2. The van der Waals surface area contributed by atoms with Gasteiger partial charge in [0, 0.05) is 0 Å². The van der Waals surface area contributed by atoms with E-state index < -0.39 is 32.5 Å². The van der Waals surface area contributed by atoms with E-state index in [1.807, 2.05) is 13.8 Å². The molecule has 2 aromatic carbocycles. The van der Waals surface area contributed by atoms with Crippen molar-refractivity contribution in [1.29, 1.82) is 0 Å². The van der Waals surface area contributed by atoms with Crippen LogP contribution in [0.1, 0.15) is 114 Å². The van der Waals surface area contributed by atoms with E-state index in [0.717, 1.165) is 12.8 Å². The molecule has 0 aliphatic carbocycles. The normalized spacial score (nSPS) is 19.8. The van der Waals surface area contributed by atoms with E-state index in [0.29, 0.717) is 11.4 Å². The molecule has 0 aromatic heterocycles. The molecular weight excluding hydrogens is 755 g/mol. The molecule has 2 aromatic rings. The molecule has 6 heteroatoms. The third kappa shape index (κ3) is 10.5. The van der Waals surface area contributed by atoms with Crippen LogP contribution in [-0.2, 0) is 13.9 Å². The summed E-state index contributed by atoms with van der Waals surface area (Å²) in [4.78, 5) is 0.359. The fourth-order valence-electron chi connectivity index (χ4n) is 7.77. The van der Waals surface area contributed by atoms with Crippen molar-refractivity contribution in [2.24, 2.45) is 0 Å². The molecule has 1 heterocycles. The zero-order valence-corrected chi connectivity index (χ0v) is 36.1. The van der Waals surface area contributed by atoms with Crippen molar-refractivity contribution < 1.29 is 13.9 Å². The first-order valence-corrected chi connectivity index (χ1v) is 28.6. The Balaban J connectivity index is 2.08. The van der Waals surface area contributed by atoms with Crippen LogP contribution in [0.4, 0.5) is 0 Å². The summed E-state index contributed by atoms with van der Waals surface area (Å²) in [6.45, 7) is 21.2. The third-order valence-electron chi connectivity index (χ3n) is 10.1. The number of benzene rings is 2. The van der Waals surface area contributed by atoms with Crippen molar-refractivity contribution in [2.45, 2.75) is 155 Å². The summed E-state index contributed by atoms with van der Waals surface area (Å²) < 4.78 is 26.2. The molecule has 0 saturated carbocycles. The van der Waals surface area contributed by atoms with Crippen LogP contribution < -0.4 is 10.4 Å². The zero-order valence-electron chi connectivity index (χ0n) is 30.7. The summed E-state index contributed by atoms with van der Waals surface area (Å²) in [5.74, 6) is -0.508. The predicted molar refractivity (Wildman–Crippen MR) is 208 cm³/mol. The average molecular weight is 821 g/mol. The second kappa shape index (κ2) is 18.5. The Morgan fingerprint density at radius 1 is 0.870 bits per heavy atom. The van der Waals surface area contributed by atoms with E-state index in [1.54, 1.807) is 3.59 Å². The van der Waals surface area contributed by atoms with Gasteiger partial charge < -0.3 is 0 Å². The predicted octanol–water partition coefficient (Wildman–Crippen LogP) is 11.0. The summed E-state index contributed by atoms with van der Waals surface area (Å²) >= 11 is 1.45. The van der Waals surface area contributed by atoms with Crippen molar-refractivity contribution >= 4 is 53.0 Å². The molecule has 3 rings (SSSR count). The Labute approximate surface area is 296 Å². The molecule has 258 valence electrons. The topological polar surface area (TPSA) is 27.7 Å². The number of ether oxygens (including phenoxy) is 2. The van der Waals surface area contributed by atoms with Gasteiger partial charge in [-0.15, -0.1) is 0 Å². The van der Waals surface area contributed by atoms with Crippen molar-refractivity contribution in [3.05, 3.63) is 70.3 Å². The summed E-state index contributed by atoms with van der Waals surface area (Å²) in [5, 5.41) is 2.68. The molecule has 3 unspecified atom stereocenters. The van der Waals surface area contributed by atoms with Crippen molar-refractivity contribution in [3.63, 3.8) is 0 Å². The minimum absolute atomic E-state index is 0.0303. The number of halogens is 1. The Morgan fingerprint density at radius 3 is 1.74 bits per heavy atom. The Hall–Kier alpha value is -0.444. The summed E-state index contributed by atoms with van der Waals surface area (Å²) in [5.41, 5.74) is 0. The molecule has 1 aliphatic heterocycles. The van der Waals surface area contributed by atoms with Crippen LogP contribution in [-0.4, -0.2) is 56.1 Å². The first-order chi connectivity index (χ1) is 21.8. The van der Waals surface area contributed by atoms with Gasteiger partial charge in [-0.25, -0.2) is 0 Å². The molecule has 1 saturated heterocycles. The number of unbranched alkanes of at least 4 members (excludes halogenated alkanes) is 3. The van der Waals surface area contributed by atoms with Gasteiger partial charge in [0.05, 0.1) is 0 Å². The molecule has 0 radical (unpaired) electrons. The van der Waals surface area contributed by atoms with Crippen LogP contribution in [0, 0.1) is 0 Å². The molecule has 0 spiro atoms. The minimum atomic E-state index is -2.76. The van der Waals surface area contributed by atoms with Crippen LogP contribution in [0.15, 0.2) is 70.3 Å². The van der Waals surface area contributed by atoms with Gasteiger partial charge in [-0.3, -0.25) is 0 Å². The van der Waals surface area contributed by atoms with Crippen LogP contribution in [0.25, 0.3) is 0 Å². The zero-order chi connectivity index (χ0) is 33.8. The van der Waals surface area contributed by atoms with Gasteiger partial charge in [0.25, 0.3) is 0 Å². The van der Waals surface area contributed by atoms with Crippen LogP contribution in [0.5, 0.6) is 0 Å². The standard InChI is InChI=1S/C28H38BrO3Si.3C4H9.Sn/c1-22-26(32-28(5,6)31-22)21-23(29)15-13-14-20-30-33(27(2,3)4,24-16-9-7-10-17-24)25-18-11-8-12-19-25;3*1-3-4-2;/h7-12,14,16-19,22-23,26H,15,20-21H2,1-6H3;3*1,3-4H2,2H3;. The molecule has 0 amide bonds. The first-order valence-electron chi connectivity index (χ1n) is 18.3. The average Bonchev–Trinajstić information content (AvgIpc) is 3.28. The number of allylic oxidation sites excluding steroid dienone is 1. The molecule has 3 nitrogen and oxygen atoms in total. The van der Waals surface area contributed by atoms with Gasteiger partial charge in [0.15, 0.2) is 0 Å². The number of alkyl halides is 1.